The number of nitrogens with zero attached hydrogens (tertiary/aromatic N) is 1. The molecular formula is C14H17F2NO3. The summed E-state index contributed by atoms with van der Waals surface area (Å²) in [6.45, 7) is 1.68. The Bertz CT molecular complexity index is 505. The summed E-state index contributed by atoms with van der Waals surface area (Å²) in [5.74, 6) is -2.90. The third-order valence-corrected chi connectivity index (χ3v) is 2.89. The summed E-state index contributed by atoms with van der Waals surface area (Å²) in [6.07, 6.45) is -0.0178. The lowest BCUT2D eigenvalue weighted by atomic mass is 10.0. The second-order valence-corrected chi connectivity index (χ2v) is 4.89. The molecule has 1 atom stereocenters. The van der Waals surface area contributed by atoms with Gasteiger partial charge in [0.1, 0.15) is 11.6 Å². The average Bonchev–Trinajstić information content (AvgIpc) is 2.31. The minimum atomic E-state index is -0.961. The zero-order valence-electron chi connectivity index (χ0n) is 11.4. The van der Waals surface area contributed by atoms with Crippen LogP contribution in [0, 0.1) is 17.6 Å². The van der Waals surface area contributed by atoms with E-state index >= 15 is 0 Å². The summed E-state index contributed by atoms with van der Waals surface area (Å²) < 4.78 is 26.2. The van der Waals surface area contributed by atoms with Gasteiger partial charge in [0.25, 0.3) is 0 Å². The third-order valence-electron chi connectivity index (χ3n) is 2.89. The van der Waals surface area contributed by atoms with Crippen LogP contribution in [0.1, 0.15) is 25.3 Å². The summed E-state index contributed by atoms with van der Waals surface area (Å²) in [4.78, 5) is 23.7. The standard InChI is InChI=1S/C14H17F2NO3/c1-9(6-14(19)20)5-13(18)17(2)8-10-3-4-11(15)7-12(10)16/h3-4,7,9H,5-6,8H2,1-2H3,(H,19,20). The molecule has 1 amide bonds. The molecule has 4 nitrogen and oxygen atoms in total. The van der Waals surface area contributed by atoms with Crippen LogP contribution in [0.25, 0.3) is 0 Å². The maximum atomic E-state index is 13.5. The molecule has 0 aliphatic rings. The second-order valence-electron chi connectivity index (χ2n) is 4.89. The van der Waals surface area contributed by atoms with E-state index in [2.05, 4.69) is 0 Å². The Morgan fingerprint density at radius 3 is 2.50 bits per heavy atom. The fraction of sp³-hybridized carbons (Fsp3) is 0.429. The van der Waals surface area contributed by atoms with E-state index in [1.165, 1.54) is 18.0 Å². The smallest absolute Gasteiger partial charge is 0.303 e. The topological polar surface area (TPSA) is 57.6 Å². The summed E-state index contributed by atoms with van der Waals surface area (Å²) >= 11 is 0. The molecular weight excluding hydrogens is 268 g/mol. The van der Waals surface area contributed by atoms with Gasteiger partial charge < -0.3 is 10.0 Å². The van der Waals surface area contributed by atoms with Gasteiger partial charge in [-0.2, -0.15) is 0 Å². The van der Waals surface area contributed by atoms with Crippen LogP contribution in [0.4, 0.5) is 8.78 Å². The van der Waals surface area contributed by atoms with Crippen LogP contribution in [0.15, 0.2) is 18.2 Å². The Balaban J connectivity index is 2.59. The minimum absolute atomic E-state index is 0.0186. The number of hydrogen-bond acceptors (Lipinski definition) is 2. The highest BCUT2D eigenvalue weighted by molar-refractivity contribution is 5.77. The molecule has 0 spiro atoms. The maximum absolute atomic E-state index is 13.5. The molecule has 0 heterocycles. The number of carboxylic acid groups (broad SMARTS) is 1. The highest BCUT2D eigenvalue weighted by Gasteiger charge is 2.17. The van der Waals surface area contributed by atoms with Crippen LogP contribution in [0.5, 0.6) is 0 Å². The number of benzene rings is 1. The lowest BCUT2D eigenvalue weighted by Gasteiger charge is -2.19. The van der Waals surface area contributed by atoms with Gasteiger partial charge in [0.15, 0.2) is 0 Å². The largest absolute Gasteiger partial charge is 0.481 e. The molecule has 0 aliphatic carbocycles. The van der Waals surface area contributed by atoms with E-state index in [0.29, 0.717) is 0 Å². The summed E-state index contributed by atoms with van der Waals surface area (Å²) in [5, 5.41) is 8.62. The quantitative estimate of drug-likeness (QED) is 0.873. The van der Waals surface area contributed by atoms with E-state index in [1.54, 1.807) is 6.92 Å². The van der Waals surface area contributed by atoms with E-state index in [4.69, 9.17) is 5.11 Å². The number of aliphatic carboxylic acids is 1. The van der Waals surface area contributed by atoms with E-state index in [9.17, 15) is 18.4 Å². The maximum Gasteiger partial charge on any atom is 0.303 e. The van der Waals surface area contributed by atoms with Crippen molar-refractivity contribution in [1.82, 2.24) is 4.90 Å². The van der Waals surface area contributed by atoms with Crippen LogP contribution in [0.2, 0.25) is 0 Å². The normalized spacial score (nSPS) is 12.0. The van der Waals surface area contributed by atoms with Crippen molar-refractivity contribution in [1.29, 1.82) is 0 Å². The Kier molecular flexibility index (Phi) is 5.61. The van der Waals surface area contributed by atoms with Gasteiger partial charge >= 0.3 is 5.97 Å². The van der Waals surface area contributed by atoms with Crippen LogP contribution in [0.3, 0.4) is 0 Å². The lowest BCUT2D eigenvalue weighted by molar-refractivity contribution is -0.138. The van der Waals surface area contributed by atoms with Crippen molar-refractivity contribution in [3.63, 3.8) is 0 Å². The first kappa shape index (κ1) is 16.1. The number of halogens is 2. The molecule has 0 aromatic heterocycles. The zero-order chi connectivity index (χ0) is 15.3. The van der Waals surface area contributed by atoms with E-state index < -0.39 is 17.6 Å². The first-order chi connectivity index (χ1) is 9.29. The van der Waals surface area contributed by atoms with Gasteiger partial charge in [-0.1, -0.05) is 13.0 Å². The molecule has 1 N–H and O–H groups in total. The fourth-order valence-corrected chi connectivity index (χ4v) is 1.82. The molecule has 0 aliphatic heterocycles. The van der Waals surface area contributed by atoms with Gasteiger partial charge in [0.2, 0.25) is 5.91 Å². The summed E-state index contributed by atoms with van der Waals surface area (Å²) in [5.41, 5.74) is 0.216. The van der Waals surface area contributed by atoms with Crippen LogP contribution in [-0.4, -0.2) is 28.9 Å². The first-order valence-corrected chi connectivity index (χ1v) is 6.19. The molecule has 1 aromatic rings. The molecule has 6 heteroatoms. The molecule has 0 saturated heterocycles. The van der Waals surface area contributed by atoms with Crippen molar-refractivity contribution in [2.24, 2.45) is 5.92 Å². The van der Waals surface area contributed by atoms with Gasteiger partial charge in [-0.25, -0.2) is 8.78 Å². The van der Waals surface area contributed by atoms with Crippen molar-refractivity contribution in [2.75, 3.05) is 7.05 Å². The molecule has 0 fully saturated rings. The average molecular weight is 285 g/mol. The van der Waals surface area contributed by atoms with Crippen molar-refractivity contribution in [3.05, 3.63) is 35.4 Å². The molecule has 1 unspecified atom stereocenters. The Morgan fingerprint density at radius 2 is 1.95 bits per heavy atom. The predicted octanol–water partition coefficient (Wildman–Crippen LogP) is 2.42. The zero-order valence-corrected chi connectivity index (χ0v) is 11.4. The van der Waals surface area contributed by atoms with Gasteiger partial charge in [-0.15, -0.1) is 0 Å². The van der Waals surface area contributed by atoms with Gasteiger partial charge in [-0.3, -0.25) is 9.59 Å². The molecule has 1 aromatic carbocycles. The molecule has 110 valence electrons. The number of rotatable bonds is 6. The summed E-state index contributed by atoms with van der Waals surface area (Å²) in [6, 6.07) is 3.18. The molecule has 0 radical (unpaired) electrons. The van der Waals surface area contributed by atoms with Crippen molar-refractivity contribution < 1.29 is 23.5 Å². The van der Waals surface area contributed by atoms with Crippen LogP contribution in [-0.2, 0) is 16.1 Å². The van der Waals surface area contributed by atoms with E-state index in [1.807, 2.05) is 0 Å². The fourth-order valence-electron chi connectivity index (χ4n) is 1.82. The molecule has 20 heavy (non-hydrogen) atoms. The Labute approximate surface area is 116 Å². The predicted molar refractivity (Wildman–Crippen MR) is 68.9 cm³/mol. The summed E-state index contributed by atoms with van der Waals surface area (Å²) in [7, 11) is 1.50. The number of amides is 1. The second kappa shape index (κ2) is 6.98. The number of carbonyl (C=O) groups is 2. The first-order valence-electron chi connectivity index (χ1n) is 6.19. The van der Waals surface area contributed by atoms with E-state index in [-0.39, 0.29) is 36.8 Å². The molecule has 0 bridgehead atoms. The SMILES string of the molecule is CC(CC(=O)O)CC(=O)N(C)Cc1ccc(F)cc1F. The monoisotopic (exact) mass is 285 g/mol. The van der Waals surface area contributed by atoms with Gasteiger partial charge in [0, 0.05) is 38.1 Å². The van der Waals surface area contributed by atoms with Crippen molar-refractivity contribution >= 4 is 11.9 Å². The minimum Gasteiger partial charge on any atom is -0.481 e. The molecule has 0 saturated carbocycles. The number of carbonyl (C=O) groups excluding carboxylic acids is 1. The van der Waals surface area contributed by atoms with Crippen LogP contribution < -0.4 is 0 Å². The van der Waals surface area contributed by atoms with Gasteiger partial charge in [0.05, 0.1) is 0 Å². The van der Waals surface area contributed by atoms with Gasteiger partial charge in [-0.05, 0) is 12.0 Å². The molecule has 1 rings (SSSR count). The van der Waals surface area contributed by atoms with Crippen molar-refractivity contribution in [2.45, 2.75) is 26.3 Å². The Morgan fingerprint density at radius 1 is 1.30 bits per heavy atom. The van der Waals surface area contributed by atoms with Crippen molar-refractivity contribution in [3.8, 4) is 0 Å². The highest BCUT2D eigenvalue weighted by Crippen LogP contribution is 2.14. The van der Waals surface area contributed by atoms with E-state index in [0.717, 1.165) is 12.1 Å². The van der Waals surface area contributed by atoms with Crippen LogP contribution >= 0.6 is 0 Å². The third kappa shape index (κ3) is 4.95. The lowest BCUT2D eigenvalue weighted by Crippen LogP contribution is -2.28. The Hall–Kier alpha value is -1.98. The number of carboxylic acids is 1. The highest BCUT2D eigenvalue weighted by atomic mass is 19.1. The number of hydrogen-bond donors (Lipinski definition) is 1.